The van der Waals surface area contributed by atoms with Crippen LogP contribution in [-0.2, 0) is 22.6 Å². The molecule has 0 aliphatic rings. The Bertz CT molecular complexity index is 1510. The summed E-state index contributed by atoms with van der Waals surface area (Å²) >= 11 is 0. The first kappa shape index (κ1) is 28.0. The van der Waals surface area contributed by atoms with E-state index in [0.29, 0.717) is 6.42 Å². The monoisotopic (exact) mass is 539 g/mol. The van der Waals surface area contributed by atoms with E-state index >= 15 is 0 Å². The Morgan fingerprint density at radius 1 is 0.825 bits per heavy atom. The topological polar surface area (TPSA) is 123 Å². The fraction of sp³-hybridized carbons (Fsp3) is 0.188. The van der Waals surface area contributed by atoms with E-state index in [4.69, 9.17) is 9.15 Å². The van der Waals surface area contributed by atoms with E-state index in [1.807, 2.05) is 84.9 Å². The van der Waals surface area contributed by atoms with Crippen LogP contribution in [0.5, 0.6) is 0 Å². The summed E-state index contributed by atoms with van der Waals surface area (Å²) in [6.07, 6.45) is 0.614. The standard InChI is InChI=1S/C32H29NO7/c1-21(32(38)39-20-23-8-4-2-5-9-23)16-26(33-30(35)28-18-27(34)19-29(40-28)31(36)37)17-22-12-14-25(15-13-22)24-10-6-3-7-11-24/h2-15,18-19,21,26H,16-17,20H2,1H3,(H,33,35)(H,36,37). The van der Waals surface area contributed by atoms with Crippen molar-refractivity contribution in [2.24, 2.45) is 5.92 Å². The smallest absolute Gasteiger partial charge is 0.371 e. The van der Waals surface area contributed by atoms with Gasteiger partial charge >= 0.3 is 11.9 Å². The number of nitrogens with one attached hydrogen (secondary N) is 1. The van der Waals surface area contributed by atoms with Crippen molar-refractivity contribution in [3.8, 4) is 11.1 Å². The molecule has 8 heteroatoms. The molecule has 0 aliphatic heterocycles. The molecule has 1 aromatic heterocycles. The maximum Gasteiger partial charge on any atom is 0.371 e. The lowest BCUT2D eigenvalue weighted by Crippen LogP contribution is -2.39. The van der Waals surface area contributed by atoms with Gasteiger partial charge in [-0.25, -0.2) is 4.79 Å². The van der Waals surface area contributed by atoms with Gasteiger partial charge in [0.2, 0.25) is 5.76 Å². The zero-order chi connectivity index (χ0) is 28.5. The molecular weight excluding hydrogens is 510 g/mol. The number of carbonyl (C=O) groups is 3. The van der Waals surface area contributed by atoms with Crippen LogP contribution in [0.15, 0.2) is 106 Å². The van der Waals surface area contributed by atoms with Crippen LogP contribution >= 0.6 is 0 Å². The van der Waals surface area contributed by atoms with Gasteiger partial charge in [0, 0.05) is 18.2 Å². The second-order valence-electron chi connectivity index (χ2n) is 9.49. The second-order valence-corrected chi connectivity index (χ2v) is 9.49. The summed E-state index contributed by atoms with van der Waals surface area (Å²) in [5, 5.41) is 12.0. The van der Waals surface area contributed by atoms with Crippen LogP contribution in [0.4, 0.5) is 0 Å². The van der Waals surface area contributed by atoms with Crippen molar-refractivity contribution < 1.29 is 28.6 Å². The number of benzene rings is 3. The molecule has 0 spiro atoms. The lowest BCUT2D eigenvalue weighted by atomic mass is 9.94. The molecule has 8 nitrogen and oxygen atoms in total. The molecule has 0 fully saturated rings. The number of aromatic carboxylic acids is 1. The Morgan fingerprint density at radius 3 is 2.08 bits per heavy atom. The van der Waals surface area contributed by atoms with Gasteiger partial charge in [0.1, 0.15) is 6.61 Å². The minimum atomic E-state index is -1.46. The number of carboxylic acids is 1. The molecule has 0 saturated carbocycles. The number of carbonyl (C=O) groups excluding carboxylic acids is 2. The first-order valence-electron chi connectivity index (χ1n) is 12.8. The molecule has 1 amide bonds. The molecule has 0 saturated heterocycles. The molecule has 2 N–H and O–H groups in total. The van der Waals surface area contributed by atoms with Gasteiger partial charge in [-0.2, -0.15) is 0 Å². The average molecular weight is 540 g/mol. The molecule has 0 radical (unpaired) electrons. The Morgan fingerprint density at radius 2 is 1.43 bits per heavy atom. The van der Waals surface area contributed by atoms with Gasteiger partial charge in [-0.15, -0.1) is 0 Å². The van der Waals surface area contributed by atoms with Gasteiger partial charge in [-0.05, 0) is 35.1 Å². The van der Waals surface area contributed by atoms with E-state index in [1.165, 1.54) is 0 Å². The third kappa shape index (κ3) is 7.77. The van der Waals surface area contributed by atoms with Gasteiger partial charge in [0.15, 0.2) is 11.2 Å². The molecule has 2 atom stereocenters. The molecule has 4 aromatic rings. The minimum Gasteiger partial charge on any atom is -0.475 e. The van der Waals surface area contributed by atoms with Crippen molar-refractivity contribution in [2.45, 2.75) is 32.4 Å². The number of ether oxygens (including phenoxy) is 1. The van der Waals surface area contributed by atoms with Gasteiger partial charge in [0.05, 0.1) is 5.92 Å². The van der Waals surface area contributed by atoms with Crippen LogP contribution in [0.3, 0.4) is 0 Å². The Hall–Kier alpha value is -4.98. The van der Waals surface area contributed by atoms with E-state index in [9.17, 15) is 24.3 Å². The number of hydrogen-bond acceptors (Lipinski definition) is 6. The van der Waals surface area contributed by atoms with Crippen molar-refractivity contribution in [3.05, 3.63) is 130 Å². The predicted octanol–water partition coefficient (Wildman–Crippen LogP) is 5.12. The van der Waals surface area contributed by atoms with E-state index in [1.54, 1.807) is 6.92 Å². The summed E-state index contributed by atoms with van der Waals surface area (Å²) in [5.41, 5.74) is 3.21. The highest BCUT2D eigenvalue weighted by atomic mass is 16.5. The molecule has 1 heterocycles. The third-order valence-electron chi connectivity index (χ3n) is 6.34. The van der Waals surface area contributed by atoms with Crippen molar-refractivity contribution in [3.63, 3.8) is 0 Å². The van der Waals surface area contributed by atoms with Crippen LogP contribution in [-0.4, -0.2) is 29.0 Å². The quantitative estimate of drug-likeness (QED) is 0.254. The number of carboxylic acid groups (broad SMARTS) is 1. The molecule has 3 aromatic carbocycles. The number of esters is 1. The summed E-state index contributed by atoms with van der Waals surface area (Å²) in [6.45, 7) is 1.85. The Balaban J connectivity index is 1.50. The van der Waals surface area contributed by atoms with Crippen LogP contribution in [0.2, 0.25) is 0 Å². The molecular formula is C32H29NO7. The summed E-state index contributed by atoms with van der Waals surface area (Å²) < 4.78 is 10.6. The van der Waals surface area contributed by atoms with Crippen molar-refractivity contribution >= 4 is 17.8 Å². The van der Waals surface area contributed by atoms with E-state index in [2.05, 4.69) is 5.32 Å². The molecule has 0 aliphatic carbocycles. The fourth-order valence-electron chi connectivity index (χ4n) is 4.29. The Labute approximate surface area is 231 Å². The summed E-state index contributed by atoms with van der Waals surface area (Å²) in [5.74, 6) is -4.25. The van der Waals surface area contributed by atoms with Gasteiger partial charge in [-0.3, -0.25) is 14.4 Å². The third-order valence-corrected chi connectivity index (χ3v) is 6.34. The summed E-state index contributed by atoms with van der Waals surface area (Å²) in [4.78, 5) is 49.0. The summed E-state index contributed by atoms with van der Waals surface area (Å²) in [6, 6.07) is 28.3. The zero-order valence-corrected chi connectivity index (χ0v) is 21.9. The lowest BCUT2D eigenvalue weighted by Gasteiger charge is -2.22. The van der Waals surface area contributed by atoms with E-state index in [-0.39, 0.29) is 13.0 Å². The maximum absolute atomic E-state index is 13.0. The van der Waals surface area contributed by atoms with Crippen LogP contribution in [0.25, 0.3) is 11.1 Å². The van der Waals surface area contributed by atoms with Crippen LogP contribution in [0, 0.1) is 5.92 Å². The van der Waals surface area contributed by atoms with E-state index < -0.39 is 46.8 Å². The van der Waals surface area contributed by atoms with Crippen LogP contribution in [0.1, 0.15) is 45.6 Å². The summed E-state index contributed by atoms with van der Waals surface area (Å²) in [7, 11) is 0. The SMILES string of the molecule is CC(CC(Cc1ccc(-c2ccccc2)cc1)NC(=O)c1cc(=O)cc(C(=O)O)o1)C(=O)OCc1ccccc1. The normalized spacial score (nSPS) is 12.2. The molecule has 2 unspecified atom stereocenters. The Kier molecular flexibility index (Phi) is 9.25. The first-order chi connectivity index (χ1) is 19.3. The lowest BCUT2D eigenvalue weighted by molar-refractivity contribution is -0.149. The van der Waals surface area contributed by atoms with Crippen molar-refractivity contribution in [1.82, 2.24) is 5.32 Å². The van der Waals surface area contributed by atoms with Gasteiger partial charge in [0.25, 0.3) is 5.91 Å². The molecule has 4 rings (SSSR count). The average Bonchev–Trinajstić information content (AvgIpc) is 2.96. The van der Waals surface area contributed by atoms with Crippen molar-refractivity contribution in [1.29, 1.82) is 0 Å². The highest BCUT2D eigenvalue weighted by Gasteiger charge is 2.24. The number of amides is 1. The van der Waals surface area contributed by atoms with Gasteiger partial charge in [-0.1, -0.05) is 91.9 Å². The highest BCUT2D eigenvalue weighted by molar-refractivity contribution is 5.92. The number of rotatable bonds is 11. The first-order valence-corrected chi connectivity index (χ1v) is 12.8. The maximum atomic E-state index is 13.0. The molecule has 204 valence electrons. The minimum absolute atomic E-state index is 0.134. The largest absolute Gasteiger partial charge is 0.475 e. The number of hydrogen-bond donors (Lipinski definition) is 2. The predicted molar refractivity (Wildman–Crippen MR) is 149 cm³/mol. The van der Waals surface area contributed by atoms with Crippen LogP contribution < -0.4 is 10.7 Å². The zero-order valence-electron chi connectivity index (χ0n) is 21.9. The fourth-order valence-corrected chi connectivity index (χ4v) is 4.29. The van der Waals surface area contributed by atoms with Gasteiger partial charge < -0.3 is 19.6 Å². The highest BCUT2D eigenvalue weighted by Crippen LogP contribution is 2.21. The van der Waals surface area contributed by atoms with E-state index in [0.717, 1.165) is 34.4 Å². The molecule has 40 heavy (non-hydrogen) atoms. The molecule has 0 bridgehead atoms. The second kappa shape index (κ2) is 13.2. The van der Waals surface area contributed by atoms with Crippen molar-refractivity contribution in [2.75, 3.05) is 0 Å².